The molecule has 1 heterocycles. The van der Waals surface area contributed by atoms with Crippen molar-refractivity contribution in [1.82, 2.24) is 15.2 Å². The predicted molar refractivity (Wildman–Crippen MR) is 103 cm³/mol. The molecule has 0 spiro atoms. The molecule has 5 nitrogen and oxygen atoms in total. The molecule has 0 unspecified atom stereocenters. The fourth-order valence-corrected chi connectivity index (χ4v) is 3.15. The molecule has 0 aliphatic heterocycles. The Morgan fingerprint density at radius 3 is 2.72 bits per heavy atom. The van der Waals surface area contributed by atoms with Crippen LogP contribution in [0, 0.1) is 0 Å². The number of carbonyl (C=O) groups excluding carboxylic acids is 1. The SMILES string of the molecule is CCN(CCNC(=O)c1csc(COc2ccc(Cl)cc2)n1)C(C)C. The van der Waals surface area contributed by atoms with Gasteiger partial charge in [0.25, 0.3) is 5.91 Å². The molecule has 0 fully saturated rings. The fourth-order valence-electron chi connectivity index (χ4n) is 2.34. The van der Waals surface area contributed by atoms with E-state index in [1.165, 1.54) is 11.3 Å². The Hall–Kier alpha value is -1.63. The smallest absolute Gasteiger partial charge is 0.270 e. The molecule has 7 heteroatoms. The number of aromatic nitrogens is 1. The first-order chi connectivity index (χ1) is 12.0. The van der Waals surface area contributed by atoms with Crippen LogP contribution >= 0.6 is 22.9 Å². The van der Waals surface area contributed by atoms with Crippen LogP contribution in [0.3, 0.4) is 0 Å². The van der Waals surface area contributed by atoms with Crippen molar-refractivity contribution in [1.29, 1.82) is 0 Å². The second-order valence-electron chi connectivity index (χ2n) is 5.85. The summed E-state index contributed by atoms with van der Waals surface area (Å²) in [6.45, 7) is 9.16. The summed E-state index contributed by atoms with van der Waals surface area (Å²) in [4.78, 5) is 18.8. The summed E-state index contributed by atoms with van der Waals surface area (Å²) in [6, 6.07) is 7.62. The van der Waals surface area contributed by atoms with Crippen LogP contribution in [0.1, 0.15) is 36.3 Å². The summed E-state index contributed by atoms with van der Waals surface area (Å²) in [6.07, 6.45) is 0. The largest absolute Gasteiger partial charge is 0.486 e. The number of hydrogen-bond donors (Lipinski definition) is 1. The quantitative estimate of drug-likeness (QED) is 0.717. The van der Waals surface area contributed by atoms with Gasteiger partial charge in [0.2, 0.25) is 0 Å². The van der Waals surface area contributed by atoms with Crippen LogP contribution in [0.5, 0.6) is 5.75 Å². The fraction of sp³-hybridized carbons (Fsp3) is 0.444. The Bertz CT molecular complexity index is 673. The van der Waals surface area contributed by atoms with E-state index in [1.807, 2.05) is 0 Å². The van der Waals surface area contributed by atoms with Crippen molar-refractivity contribution in [3.8, 4) is 5.75 Å². The van der Waals surface area contributed by atoms with Gasteiger partial charge in [-0.05, 0) is 44.7 Å². The number of halogens is 1. The summed E-state index contributed by atoms with van der Waals surface area (Å²) in [5, 5.41) is 6.11. The zero-order chi connectivity index (χ0) is 18.2. The average Bonchev–Trinajstić information content (AvgIpc) is 3.07. The highest BCUT2D eigenvalue weighted by Crippen LogP contribution is 2.18. The molecule has 1 aromatic carbocycles. The third-order valence-electron chi connectivity index (χ3n) is 3.78. The molecule has 0 bridgehead atoms. The second kappa shape index (κ2) is 9.75. The average molecular weight is 382 g/mol. The van der Waals surface area contributed by atoms with E-state index in [-0.39, 0.29) is 5.91 Å². The molecule has 0 aliphatic carbocycles. The minimum absolute atomic E-state index is 0.145. The molecule has 2 rings (SSSR count). The molecule has 136 valence electrons. The first-order valence-electron chi connectivity index (χ1n) is 8.34. The third kappa shape index (κ3) is 6.30. The highest BCUT2D eigenvalue weighted by Gasteiger charge is 2.12. The van der Waals surface area contributed by atoms with Gasteiger partial charge in [-0.1, -0.05) is 18.5 Å². The van der Waals surface area contributed by atoms with Crippen LogP contribution < -0.4 is 10.1 Å². The number of carbonyl (C=O) groups is 1. The van der Waals surface area contributed by atoms with Gasteiger partial charge < -0.3 is 10.1 Å². The summed E-state index contributed by atoms with van der Waals surface area (Å²) in [5.41, 5.74) is 0.437. The van der Waals surface area contributed by atoms with Gasteiger partial charge in [0.15, 0.2) is 0 Å². The Balaban J connectivity index is 1.79. The lowest BCUT2D eigenvalue weighted by Gasteiger charge is -2.24. The molecule has 1 amide bonds. The number of amides is 1. The summed E-state index contributed by atoms with van der Waals surface area (Å²) >= 11 is 7.26. The van der Waals surface area contributed by atoms with Gasteiger partial charge in [-0.3, -0.25) is 9.69 Å². The molecule has 1 aromatic heterocycles. The molecular formula is C18H24ClN3O2S. The molecule has 2 aromatic rings. The molecular weight excluding hydrogens is 358 g/mol. The minimum Gasteiger partial charge on any atom is -0.486 e. The normalized spacial score (nSPS) is 11.1. The van der Waals surface area contributed by atoms with E-state index >= 15 is 0 Å². The van der Waals surface area contributed by atoms with E-state index in [1.54, 1.807) is 29.6 Å². The Morgan fingerprint density at radius 1 is 1.36 bits per heavy atom. The number of nitrogens with one attached hydrogen (secondary N) is 1. The molecule has 0 saturated carbocycles. The maximum absolute atomic E-state index is 12.2. The minimum atomic E-state index is -0.145. The number of benzene rings is 1. The Labute approximate surface area is 158 Å². The lowest BCUT2D eigenvalue weighted by Crippen LogP contribution is -2.38. The van der Waals surface area contributed by atoms with Crippen molar-refractivity contribution in [2.24, 2.45) is 0 Å². The molecule has 0 radical (unpaired) electrons. The molecule has 0 atom stereocenters. The van der Waals surface area contributed by atoms with Crippen LogP contribution in [0.25, 0.3) is 0 Å². The molecule has 0 aliphatic rings. The maximum Gasteiger partial charge on any atom is 0.270 e. The van der Waals surface area contributed by atoms with Gasteiger partial charge in [0.05, 0.1) is 0 Å². The van der Waals surface area contributed by atoms with Crippen molar-refractivity contribution in [3.63, 3.8) is 0 Å². The van der Waals surface area contributed by atoms with Crippen molar-refractivity contribution in [2.45, 2.75) is 33.4 Å². The Kier molecular flexibility index (Phi) is 7.68. The van der Waals surface area contributed by atoms with Gasteiger partial charge in [-0.2, -0.15) is 0 Å². The number of thiazole rings is 1. The number of ether oxygens (including phenoxy) is 1. The van der Waals surface area contributed by atoms with Gasteiger partial charge in [0, 0.05) is 29.5 Å². The first kappa shape index (κ1) is 19.7. The third-order valence-corrected chi connectivity index (χ3v) is 4.86. The topological polar surface area (TPSA) is 54.5 Å². The number of likely N-dealkylation sites (N-methyl/N-ethyl adjacent to an activating group) is 1. The van der Waals surface area contributed by atoms with Crippen molar-refractivity contribution >= 4 is 28.8 Å². The van der Waals surface area contributed by atoms with E-state index < -0.39 is 0 Å². The number of hydrogen-bond acceptors (Lipinski definition) is 5. The van der Waals surface area contributed by atoms with Crippen molar-refractivity contribution in [2.75, 3.05) is 19.6 Å². The summed E-state index contributed by atoms with van der Waals surface area (Å²) in [5.74, 6) is 0.577. The van der Waals surface area contributed by atoms with Crippen LogP contribution in [0.15, 0.2) is 29.6 Å². The van der Waals surface area contributed by atoms with Crippen LogP contribution in [0.4, 0.5) is 0 Å². The maximum atomic E-state index is 12.2. The second-order valence-corrected chi connectivity index (χ2v) is 7.23. The van der Waals surface area contributed by atoms with Crippen molar-refractivity contribution in [3.05, 3.63) is 45.4 Å². The zero-order valence-electron chi connectivity index (χ0n) is 14.8. The molecule has 25 heavy (non-hydrogen) atoms. The van der Waals surface area contributed by atoms with Crippen LogP contribution in [-0.2, 0) is 6.61 Å². The van der Waals surface area contributed by atoms with E-state index in [0.717, 1.165) is 23.8 Å². The van der Waals surface area contributed by atoms with Gasteiger partial charge in [-0.25, -0.2) is 4.98 Å². The summed E-state index contributed by atoms with van der Waals surface area (Å²) in [7, 11) is 0. The number of rotatable bonds is 9. The lowest BCUT2D eigenvalue weighted by atomic mass is 10.3. The van der Waals surface area contributed by atoms with Gasteiger partial charge >= 0.3 is 0 Å². The van der Waals surface area contributed by atoms with E-state index in [2.05, 4.69) is 36.0 Å². The Morgan fingerprint density at radius 2 is 2.08 bits per heavy atom. The van der Waals surface area contributed by atoms with Gasteiger partial charge in [-0.15, -0.1) is 11.3 Å². The van der Waals surface area contributed by atoms with E-state index in [4.69, 9.17) is 16.3 Å². The summed E-state index contributed by atoms with van der Waals surface area (Å²) < 4.78 is 5.64. The zero-order valence-corrected chi connectivity index (χ0v) is 16.4. The molecule has 0 saturated heterocycles. The molecule has 1 N–H and O–H groups in total. The number of nitrogens with zero attached hydrogens (tertiary/aromatic N) is 2. The van der Waals surface area contributed by atoms with Crippen molar-refractivity contribution < 1.29 is 9.53 Å². The van der Waals surface area contributed by atoms with E-state index in [9.17, 15) is 4.79 Å². The lowest BCUT2D eigenvalue weighted by molar-refractivity contribution is 0.0941. The standard InChI is InChI=1S/C18H24ClN3O2S/c1-4-22(13(2)3)10-9-20-18(23)16-12-25-17(21-16)11-24-15-7-5-14(19)6-8-15/h5-8,12-13H,4,9-11H2,1-3H3,(H,20,23). The highest BCUT2D eigenvalue weighted by atomic mass is 35.5. The predicted octanol–water partition coefficient (Wildman–Crippen LogP) is 3.84. The highest BCUT2D eigenvalue weighted by molar-refractivity contribution is 7.09. The first-order valence-corrected chi connectivity index (χ1v) is 9.60. The van der Waals surface area contributed by atoms with Crippen LogP contribution in [0.2, 0.25) is 5.02 Å². The van der Waals surface area contributed by atoms with Gasteiger partial charge in [0.1, 0.15) is 23.1 Å². The monoisotopic (exact) mass is 381 g/mol. The van der Waals surface area contributed by atoms with E-state index in [0.29, 0.717) is 29.9 Å². The van der Waals surface area contributed by atoms with Crippen LogP contribution in [-0.4, -0.2) is 41.5 Å².